The molecular formula is C27H30ClN3O4S2. The van der Waals surface area contributed by atoms with Gasteiger partial charge in [-0.2, -0.15) is 4.31 Å². The second-order valence-corrected chi connectivity index (χ2v) is 13.1. The molecule has 4 rings (SSSR count). The Labute approximate surface area is 226 Å². The van der Waals surface area contributed by atoms with E-state index in [0.29, 0.717) is 34.6 Å². The van der Waals surface area contributed by atoms with Crippen LogP contribution in [0.2, 0.25) is 5.02 Å². The fraction of sp³-hybridized carbons (Fsp3) is 0.333. The first-order valence-corrected chi connectivity index (χ1v) is 14.7. The first-order chi connectivity index (χ1) is 17.5. The molecule has 0 aliphatic rings. The van der Waals surface area contributed by atoms with Crippen molar-refractivity contribution < 1.29 is 17.6 Å². The van der Waals surface area contributed by atoms with Crippen molar-refractivity contribution in [1.82, 2.24) is 9.29 Å². The fourth-order valence-electron chi connectivity index (χ4n) is 3.95. The lowest BCUT2D eigenvalue weighted by Crippen LogP contribution is -2.37. The third-order valence-corrected chi connectivity index (χ3v) is 8.71. The Balaban J connectivity index is 1.65. The molecule has 2 heterocycles. The van der Waals surface area contributed by atoms with Crippen LogP contribution >= 0.6 is 22.9 Å². The van der Waals surface area contributed by atoms with Crippen LogP contribution in [0.5, 0.6) is 0 Å². The minimum Gasteiger partial charge on any atom is -0.467 e. The molecule has 2 aromatic heterocycles. The molecule has 2 aromatic carbocycles. The number of anilines is 1. The number of hydrogen-bond acceptors (Lipinski definition) is 6. The highest BCUT2D eigenvalue weighted by Crippen LogP contribution is 2.32. The zero-order valence-corrected chi connectivity index (χ0v) is 23.6. The SMILES string of the molecule is CC(C)CN(CC(C)C)S(=O)(=O)c1ccc(C(=O)N(Cc2ccco2)c2nc3ccc(Cl)cc3s2)cc1. The van der Waals surface area contributed by atoms with Crippen LogP contribution in [0.3, 0.4) is 0 Å². The van der Waals surface area contributed by atoms with E-state index in [-0.39, 0.29) is 29.2 Å². The van der Waals surface area contributed by atoms with Crippen molar-refractivity contribution in [1.29, 1.82) is 0 Å². The van der Waals surface area contributed by atoms with Gasteiger partial charge in [-0.3, -0.25) is 9.69 Å². The predicted molar refractivity (Wildman–Crippen MR) is 149 cm³/mol. The standard InChI is InChI=1S/C27H30ClN3O4S2/c1-18(2)15-30(16-19(3)4)37(33,34)23-10-7-20(8-11-23)26(32)31(17-22-6-5-13-35-22)27-29-24-12-9-21(28)14-25(24)36-27/h5-14,18-19H,15-17H2,1-4H3. The number of aromatic nitrogens is 1. The van der Waals surface area contributed by atoms with Gasteiger partial charge >= 0.3 is 0 Å². The number of hydrogen-bond donors (Lipinski definition) is 0. The molecule has 0 aliphatic carbocycles. The lowest BCUT2D eigenvalue weighted by atomic mass is 10.2. The Bertz CT molecular complexity index is 1450. The summed E-state index contributed by atoms with van der Waals surface area (Å²) in [5, 5.41) is 1.09. The third kappa shape index (κ3) is 6.41. The van der Waals surface area contributed by atoms with E-state index in [4.69, 9.17) is 16.0 Å². The van der Waals surface area contributed by atoms with Gasteiger partial charge in [-0.1, -0.05) is 50.6 Å². The van der Waals surface area contributed by atoms with Crippen LogP contribution < -0.4 is 4.90 Å². The molecular weight excluding hydrogens is 530 g/mol. The fourth-order valence-corrected chi connectivity index (χ4v) is 6.95. The number of carbonyl (C=O) groups is 1. The Morgan fingerprint density at radius 3 is 2.30 bits per heavy atom. The number of sulfonamides is 1. The molecule has 196 valence electrons. The van der Waals surface area contributed by atoms with Gasteiger partial charge < -0.3 is 4.42 Å². The summed E-state index contributed by atoms with van der Waals surface area (Å²) < 4.78 is 34.6. The van der Waals surface area contributed by atoms with E-state index in [0.717, 1.165) is 10.2 Å². The van der Waals surface area contributed by atoms with Crippen molar-refractivity contribution in [2.45, 2.75) is 39.1 Å². The van der Waals surface area contributed by atoms with E-state index in [2.05, 4.69) is 4.98 Å². The molecule has 0 atom stereocenters. The van der Waals surface area contributed by atoms with Crippen LogP contribution in [-0.2, 0) is 16.6 Å². The molecule has 0 radical (unpaired) electrons. The maximum atomic E-state index is 13.7. The summed E-state index contributed by atoms with van der Waals surface area (Å²) in [4.78, 5) is 20.0. The number of carbonyl (C=O) groups excluding carboxylic acids is 1. The van der Waals surface area contributed by atoms with Crippen molar-refractivity contribution in [2.24, 2.45) is 11.8 Å². The van der Waals surface area contributed by atoms with Gasteiger partial charge in [0.2, 0.25) is 10.0 Å². The maximum absolute atomic E-state index is 13.7. The van der Waals surface area contributed by atoms with E-state index < -0.39 is 10.0 Å². The Hall–Kier alpha value is -2.72. The van der Waals surface area contributed by atoms with Crippen LogP contribution in [0.15, 0.2) is 70.2 Å². The van der Waals surface area contributed by atoms with Crippen LogP contribution in [0.4, 0.5) is 5.13 Å². The van der Waals surface area contributed by atoms with Gasteiger partial charge in [0.15, 0.2) is 5.13 Å². The molecule has 0 saturated carbocycles. The quantitative estimate of drug-likeness (QED) is 0.216. The van der Waals surface area contributed by atoms with Crippen LogP contribution in [0.25, 0.3) is 10.2 Å². The molecule has 0 bridgehead atoms. The van der Waals surface area contributed by atoms with Gasteiger partial charge in [-0.25, -0.2) is 13.4 Å². The van der Waals surface area contributed by atoms with E-state index >= 15 is 0 Å². The molecule has 37 heavy (non-hydrogen) atoms. The van der Waals surface area contributed by atoms with Crippen molar-refractivity contribution in [3.8, 4) is 0 Å². The van der Waals surface area contributed by atoms with Gasteiger partial charge in [0.1, 0.15) is 5.76 Å². The van der Waals surface area contributed by atoms with Crippen molar-refractivity contribution in [3.05, 3.63) is 77.2 Å². The first kappa shape index (κ1) is 27.3. The van der Waals surface area contributed by atoms with Gasteiger partial charge in [-0.05, 0) is 66.4 Å². The third-order valence-electron chi connectivity index (χ3n) is 5.59. The Morgan fingerprint density at radius 1 is 1.03 bits per heavy atom. The largest absolute Gasteiger partial charge is 0.467 e. The van der Waals surface area contributed by atoms with Gasteiger partial charge in [-0.15, -0.1) is 0 Å². The van der Waals surface area contributed by atoms with E-state index in [9.17, 15) is 13.2 Å². The average Bonchev–Trinajstić information content (AvgIpc) is 3.50. The minimum atomic E-state index is -3.70. The highest BCUT2D eigenvalue weighted by atomic mass is 35.5. The molecule has 7 nitrogen and oxygen atoms in total. The lowest BCUT2D eigenvalue weighted by molar-refractivity contribution is 0.0983. The lowest BCUT2D eigenvalue weighted by Gasteiger charge is -2.25. The summed E-state index contributed by atoms with van der Waals surface area (Å²) in [6.07, 6.45) is 1.55. The molecule has 0 fully saturated rings. The topological polar surface area (TPSA) is 83.7 Å². The smallest absolute Gasteiger partial charge is 0.260 e. The van der Waals surface area contributed by atoms with E-state index in [1.165, 1.54) is 32.7 Å². The first-order valence-electron chi connectivity index (χ1n) is 12.0. The number of fused-ring (bicyclic) bond motifs is 1. The summed E-state index contributed by atoms with van der Waals surface area (Å²) in [6, 6.07) is 15.0. The summed E-state index contributed by atoms with van der Waals surface area (Å²) in [6.45, 7) is 9.01. The van der Waals surface area contributed by atoms with Crippen LogP contribution in [0, 0.1) is 11.8 Å². The zero-order valence-electron chi connectivity index (χ0n) is 21.2. The zero-order chi connectivity index (χ0) is 26.7. The van der Waals surface area contributed by atoms with Gasteiger partial charge in [0.25, 0.3) is 5.91 Å². The van der Waals surface area contributed by atoms with Crippen LogP contribution in [0.1, 0.15) is 43.8 Å². The highest BCUT2D eigenvalue weighted by Gasteiger charge is 2.27. The summed E-state index contributed by atoms with van der Waals surface area (Å²) in [5.74, 6) is 0.663. The Kier molecular flexibility index (Phi) is 8.38. The Morgan fingerprint density at radius 2 is 1.70 bits per heavy atom. The number of amides is 1. The molecule has 10 heteroatoms. The van der Waals surface area contributed by atoms with E-state index in [1.54, 1.807) is 36.6 Å². The molecule has 0 unspecified atom stereocenters. The molecule has 0 N–H and O–H groups in total. The number of benzene rings is 2. The summed E-state index contributed by atoms with van der Waals surface area (Å²) in [7, 11) is -3.70. The predicted octanol–water partition coefficient (Wildman–Crippen LogP) is 6.69. The average molecular weight is 560 g/mol. The second-order valence-electron chi connectivity index (χ2n) is 9.71. The van der Waals surface area contributed by atoms with Gasteiger partial charge in [0, 0.05) is 23.7 Å². The number of nitrogens with zero attached hydrogens (tertiary/aromatic N) is 3. The van der Waals surface area contributed by atoms with E-state index in [1.807, 2.05) is 39.8 Å². The number of rotatable bonds is 10. The van der Waals surface area contributed by atoms with Gasteiger partial charge in [0.05, 0.1) is 27.9 Å². The van der Waals surface area contributed by atoms with Crippen molar-refractivity contribution >= 4 is 54.2 Å². The molecule has 4 aromatic rings. The summed E-state index contributed by atoms with van der Waals surface area (Å²) >= 11 is 7.49. The number of furan rings is 1. The monoisotopic (exact) mass is 559 g/mol. The van der Waals surface area contributed by atoms with Crippen molar-refractivity contribution in [2.75, 3.05) is 18.0 Å². The molecule has 0 aliphatic heterocycles. The second kappa shape index (κ2) is 11.3. The highest BCUT2D eigenvalue weighted by molar-refractivity contribution is 7.89. The summed E-state index contributed by atoms with van der Waals surface area (Å²) in [5.41, 5.74) is 1.08. The molecule has 0 spiro atoms. The van der Waals surface area contributed by atoms with Crippen LogP contribution in [-0.4, -0.2) is 36.7 Å². The normalized spacial score (nSPS) is 12.2. The maximum Gasteiger partial charge on any atom is 0.260 e. The minimum absolute atomic E-state index is 0.164. The number of halogens is 1. The molecule has 0 saturated heterocycles. The molecule has 1 amide bonds. The van der Waals surface area contributed by atoms with Crippen molar-refractivity contribution in [3.63, 3.8) is 0 Å². The number of thiazole rings is 1.